The van der Waals surface area contributed by atoms with Crippen molar-refractivity contribution in [2.24, 2.45) is 0 Å². The molecule has 154 valence electrons. The Bertz CT molecular complexity index is 1070. The van der Waals surface area contributed by atoms with E-state index in [1.165, 1.54) is 12.8 Å². The third kappa shape index (κ3) is 3.70. The maximum atomic E-state index is 13.0. The summed E-state index contributed by atoms with van der Waals surface area (Å²) in [5.41, 5.74) is 1.76. The molecule has 5 rings (SSSR count). The van der Waals surface area contributed by atoms with E-state index in [1.807, 2.05) is 42.2 Å². The van der Waals surface area contributed by atoms with E-state index in [-0.39, 0.29) is 5.91 Å². The number of aromatic nitrogens is 2. The van der Waals surface area contributed by atoms with Gasteiger partial charge in [-0.2, -0.15) is 4.98 Å². The Balaban J connectivity index is 1.28. The van der Waals surface area contributed by atoms with E-state index < -0.39 is 0 Å². The molecule has 1 aromatic heterocycles. The van der Waals surface area contributed by atoms with Crippen molar-refractivity contribution in [3.05, 3.63) is 59.8 Å². The van der Waals surface area contributed by atoms with Crippen LogP contribution < -0.4 is 9.80 Å². The Labute approximate surface area is 177 Å². The number of aryl methyl sites for hydroxylation is 1. The van der Waals surface area contributed by atoms with E-state index >= 15 is 0 Å². The van der Waals surface area contributed by atoms with Gasteiger partial charge in [-0.3, -0.25) is 4.79 Å². The number of rotatable bonds is 3. The smallest absolute Gasteiger partial charge is 0.253 e. The van der Waals surface area contributed by atoms with Gasteiger partial charge in [-0.25, -0.2) is 4.98 Å². The zero-order chi connectivity index (χ0) is 20.5. The second kappa shape index (κ2) is 7.94. The lowest BCUT2D eigenvalue weighted by molar-refractivity contribution is 0.0746. The summed E-state index contributed by atoms with van der Waals surface area (Å²) in [6.45, 7) is 7.09. The van der Waals surface area contributed by atoms with E-state index in [4.69, 9.17) is 4.98 Å². The minimum Gasteiger partial charge on any atom is -0.353 e. The molecule has 6 heteroatoms. The minimum absolute atomic E-state index is 0.108. The van der Waals surface area contributed by atoms with Gasteiger partial charge in [0.2, 0.25) is 5.95 Å². The van der Waals surface area contributed by atoms with Crippen molar-refractivity contribution < 1.29 is 4.79 Å². The van der Waals surface area contributed by atoms with Crippen LogP contribution >= 0.6 is 0 Å². The number of carbonyl (C=O) groups excluding carboxylic acids is 1. The lowest BCUT2D eigenvalue weighted by Crippen LogP contribution is -2.49. The van der Waals surface area contributed by atoms with Crippen molar-refractivity contribution in [3.63, 3.8) is 0 Å². The highest BCUT2D eigenvalue weighted by Crippen LogP contribution is 2.23. The van der Waals surface area contributed by atoms with Gasteiger partial charge in [0.15, 0.2) is 0 Å². The third-order valence-electron chi connectivity index (χ3n) is 6.11. The molecule has 2 aliphatic heterocycles. The van der Waals surface area contributed by atoms with Gasteiger partial charge in [-0.05, 0) is 42.7 Å². The molecule has 0 atom stereocenters. The molecule has 0 N–H and O–H groups in total. The summed E-state index contributed by atoms with van der Waals surface area (Å²) in [5, 5.41) is 2.26. The summed E-state index contributed by atoms with van der Waals surface area (Å²) in [6, 6.07) is 16.2. The molecule has 0 aliphatic carbocycles. The van der Waals surface area contributed by atoms with Crippen molar-refractivity contribution in [1.29, 1.82) is 0 Å². The van der Waals surface area contributed by atoms with Gasteiger partial charge in [-0.15, -0.1) is 0 Å². The average Bonchev–Trinajstić information content (AvgIpc) is 3.33. The number of piperazine rings is 1. The Morgan fingerprint density at radius 3 is 2.30 bits per heavy atom. The first kappa shape index (κ1) is 18.9. The highest BCUT2D eigenvalue weighted by molar-refractivity contribution is 5.98. The molecule has 0 bridgehead atoms. The molecule has 0 saturated carbocycles. The first-order valence-electron chi connectivity index (χ1n) is 10.8. The highest BCUT2D eigenvalue weighted by Gasteiger charge is 2.24. The molecule has 2 fully saturated rings. The van der Waals surface area contributed by atoms with Crippen LogP contribution in [-0.2, 0) is 0 Å². The Morgan fingerprint density at radius 2 is 1.53 bits per heavy atom. The van der Waals surface area contributed by atoms with Crippen LogP contribution in [0.15, 0.2) is 48.5 Å². The van der Waals surface area contributed by atoms with Crippen LogP contribution in [-0.4, -0.2) is 60.0 Å². The molecule has 2 aliphatic rings. The second-order valence-corrected chi connectivity index (χ2v) is 8.20. The molecule has 3 heterocycles. The van der Waals surface area contributed by atoms with Crippen LogP contribution in [0.2, 0.25) is 0 Å². The standard InChI is InChI=1S/C24H27N5O/c1-18-16-22(26-24(25-18)29-10-4-5-11-29)27-12-14-28(15-13-27)23(30)21-9-8-19-6-2-3-7-20(19)17-21/h2-3,6-9,16-17H,4-5,10-15H2,1H3. The van der Waals surface area contributed by atoms with Gasteiger partial charge in [0, 0.05) is 56.6 Å². The van der Waals surface area contributed by atoms with Gasteiger partial charge in [-0.1, -0.05) is 30.3 Å². The number of benzene rings is 2. The molecule has 0 spiro atoms. The molecule has 30 heavy (non-hydrogen) atoms. The summed E-state index contributed by atoms with van der Waals surface area (Å²) >= 11 is 0. The first-order valence-corrected chi connectivity index (χ1v) is 10.8. The van der Waals surface area contributed by atoms with Crippen LogP contribution in [0.25, 0.3) is 10.8 Å². The van der Waals surface area contributed by atoms with Gasteiger partial charge in [0.25, 0.3) is 5.91 Å². The van der Waals surface area contributed by atoms with Gasteiger partial charge in [0.05, 0.1) is 0 Å². The van der Waals surface area contributed by atoms with Crippen LogP contribution in [0.3, 0.4) is 0 Å². The Kier molecular flexibility index (Phi) is 4.99. The topological polar surface area (TPSA) is 52.6 Å². The van der Waals surface area contributed by atoms with Crippen LogP contribution in [0.5, 0.6) is 0 Å². The molecule has 0 unspecified atom stereocenters. The predicted octanol–water partition coefficient (Wildman–Crippen LogP) is 3.50. The van der Waals surface area contributed by atoms with E-state index in [9.17, 15) is 4.79 Å². The number of amides is 1. The predicted molar refractivity (Wildman–Crippen MR) is 120 cm³/mol. The summed E-state index contributed by atoms with van der Waals surface area (Å²) in [5.74, 6) is 1.93. The highest BCUT2D eigenvalue weighted by atomic mass is 16.2. The van der Waals surface area contributed by atoms with Crippen LogP contribution in [0.4, 0.5) is 11.8 Å². The average molecular weight is 402 g/mol. The lowest BCUT2D eigenvalue weighted by atomic mass is 10.1. The second-order valence-electron chi connectivity index (χ2n) is 8.20. The van der Waals surface area contributed by atoms with Crippen LogP contribution in [0, 0.1) is 6.92 Å². The van der Waals surface area contributed by atoms with E-state index in [0.29, 0.717) is 13.1 Å². The Morgan fingerprint density at radius 1 is 0.800 bits per heavy atom. The van der Waals surface area contributed by atoms with Crippen molar-refractivity contribution in [1.82, 2.24) is 14.9 Å². The number of hydrogen-bond donors (Lipinski definition) is 0. The maximum Gasteiger partial charge on any atom is 0.253 e. The number of hydrogen-bond acceptors (Lipinski definition) is 5. The molecule has 6 nitrogen and oxygen atoms in total. The fourth-order valence-electron chi connectivity index (χ4n) is 4.40. The molecule has 1 amide bonds. The molecular weight excluding hydrogens is 374 g/mol. The van der Waals surface area contributed by atoms with Crippen molar-refractivity contribution >= 4 is 28.4 Å². The fraction of sp³-hybridized carbons (Fsp3) is 0.375. The normalized spacial score (nSPS) is 17.0. The Hall–Kier alpha value is -3.15. The zero-order valence-electron chi connectivity index (χ0n) is 17.4. The summed E-state index contributed by atoms with van der Waals surface area (Å²) in [4.78, 5) is 29.0. The SMILES string of the molecule is Cc1cc(N2CCN(C(=O)c3ccc4ccccc4c3)CC2)nc(N2CCCC2)n1. The van der Waals surface area contributed by atoms with E-state index in [2.05, 4.69) is 33.0 Å². The molecule has 3 aromatic rings. The number of fused-ring (bicyclic) bond motifs is 1. The fourth-order valence-corrected chi connectivity index (χ4v) is 4.40. The van der Waals surface area contributed by atoms with Crippen LogP contribution in [0.1, 0.15) is 28.9 Å². The molecular formula is C24H27N5O. The first-order chi connectivity index (χ1) is 14.7. The van der Waals surface area contributed by atoms with Crippen molar-refractivity contribution in [2.75, 3.05) is 49.1 Å². The maximum absolute atomic E-state index is 13.0. The summed E-state index contributed by atoms with van der Waals surface area (Å²) in [7, 11) is 0. The number of carbonyl (C=O) groups is 1. The van der Waals surface area contributed by atoms with Crippen molar-refractivity contribution in [3.8, 4) is 0 Å². The molecule has 0 radical (unpaired) electrons. The largest absolute Gasteiger partial charge is 0.353 e. The van der Waals surface area contributed by atoms with Gasteiger partial charge >= 0.3 is 0 Å². The number of anilines is 2. The molecule has 2 saturated heterocycles. The quantitative estimate of drug-likeness (QED) is 0.672. The van der Waals surface area contributed by atoms with Crippen molar-refractivity contribution in [2.45, 2.75) is 19.8 Å². The van der Waals surface area contributed by atoms with Gasteiger partial charge < -0.3 is 14.7 Å². The minimum atomic E-state index is 0.108. The summed E-state index contributed by atoms with van der Waals surface area (Å²) in [6.07, 6.45) is 2.42. The van der Waals surface area contributed by atoms with Gasteiger partial charge in [0.1, 0.15) is 5.82 Å². The van der Waals surface area contributed by atoms with E-state index in [0.717, 1.165) is 60.0 Å². The lowest BCUT2D eigenvalue weighted by Gasteiger charge is -2.35. The van der Waals surface area contributed by atoms with E-state index in [1.54, 1.807) is 0 Å². The monoisotopic (exact) mass is 401 g/mol. The summed E-state index contributed by atoms with van der Waals surface area (Å²) < 4.78 is 0. The zero-order valence-corrected chi connectivity index (χ0v) is 17.4. The third-order valence-corrected chi connectivity index (χ3v) is 6.11. The number of nitrogens with zero attached hydrogens (tertiary/aromatic N) is 5. The molecule has 2 aromatic carbocycles.